The minimum absolute atomic E-state index is 0.558. The molecule has 110 valence electrons. The highest BCUT2D eigenvalue weighted by atomic mass is 35.5. The zero-order chi connectivity index (χ0) is 14.8. The molecule has 5 nitrogen and oxygen atoms in total. The number of hydrogen-bond donors (Lipinski definition) is 2. The molecule has 0 amide bonds. The van der Waals surface area contributed by atoms with Gasteiger partial charge in [-0.25, -0.2) is 9.97 Å². The van der Waals surface area contributed by atoms with E-state index in [0.717, 1.165) is 23.1 Å². The van der Waals surface area contributed by atoms with E-state index in [-0.39, 0.29) is 0 Å². The minimum Gasteiger partial charge on any atom is -0.495 e. The smallest absolute Gasteiger partial charge is 0.137 e. The lowest BCUT2D eigenvalue weighted by Gasteiger charge is -2.11. The molecule has 2 aromatic rings. The van der Waals surface area contributed by atoms with Gasteiger partial charge in [0.2, 0.25) is 0 Å². The number of anilines is 3. The van der Waals surface area contributed by atoms with Crippen LogP contribution in [0, 0.1) is 6.92 Å². The third-order valence-corrected chi connectivity index (χ3v) is 3.49. The van der Waals surface area contributed by atoms with Crippen molar-refractivity contribution in [1.82, 2.24) is 9.97 Å². The Kier molecular flexibility index (Phi) is 3.84. The summed E-state index contributed by atoms with van der Waals surface area (Å²) in [4.78, 5) is 8.78. The van der Waals surface area contributed by atoms with Crippen molar-refractivity contribution in [2.45, 2.75) is 25.8 Å². The highest BCUT2D eigenvalue weighted by Crippen LogP contribution is 2.29. The lowest BCUT2D eigenvalue weighted by atomic mass is 10.3. The first-order chi connectivity index (χ1) is 10.1. The number of hydrogen-bond acceptors (Lipinski definition) is 5. The second kappa shape index (κ2) is 5.77. The van der Waals surface area contributed by atoms with Crippen molar-refractivity contribution >= 4 is 28.9 Å². The predicted molar refractivity (Wildman–Crippen MR) is 84.7 cm³/mol. The lowest BCUT2D eigenvalue weighted by molar-refractivity contribution is 0.415. The summed E-state index contributed by atoms with van der Waals surface area (Å²) in [5, 5.41) is 7.17. The number of nitrogens with zero attached hydrogens (tertiary/aromatic N) is 2. The Morgan fingerprint density at radius 3 is 2.62 bits per heavy atom. The maximum atomic E-state index is 6.13. The molecule has 21 heavy (non-hydrogen) atoms. The number of rotatable bonds is 5. The van der Waals surface area contributed by atoms with Crippen molar-refractivity contribution in [3.05, 3.63) is 35.1 Å². The van der Waals surface area contributed by atoms with E-state index in [1.54, 1.807) is 7.11 Å². The molecule has 1 fully saturated rings. The highest BCUT2D eigenvalue weighted by molar-refractivity contribution is 6.32. The van der Waals surface area contributed by atoms with E-state index in [1.807, 2.05) is 31.2 Å². The summed E-state index contributed by atoms with van der Waals surface area (Å²) >= 11 is 6.13. The Bertz CT molecular complexity index is 658. The summed E-state index contributed by atoms with van der Waals surface area (Å²) in [6, 6.07) is 8.00. The van der Waals surface area contributed by atoms with Crippen LogP contribution in [0.4, 0.5) is 17.3 Å². The van der Waals surface area contributed by atoms with Crippen molar-refractivity contribution < 1.29 is 4.74 Å². The van der Waals surface area contributed by atoms with E-state index in [9.17, 15) is 0 Å². The summed E-state index contributed by atoms with van der Waals surface area (Å²) in [5.41, 5.74) is 0.858. The molecule has 0 saturated heterocycles. The van der Waals surface area contributed by atoms with Crippen LogP contribution in [0.5, 0.6) is 5.75 Å². The third kappa shape index (κ3) is 3.55. The fourth-order valence-corrected chi connectivity index (χ4v) is 2.29. The molecule has 1 aliphatic carbocycles. The van der Waals surface area contributed by atoms with E-state index in [4.69, 9.17) is 16.3 Å². The van der Waals surface area contributed by atoms with Crippen LogP contribution in [-0.2, 0) is 0 Å². The first-order valence-electron chi connectivity index (χ1n) is 6.87. The van der Waals surface area contributed by atoms with Crippen LogP contribution in [0.2, 0.25) is 5.02 Å². The summed E-state index contributed by atoms with van der Waals surface area (Å²) in [7, 11) is 1.60. The van der Waals surface area contributed by atoms with Crippen LogP contribution in [0.1, 0.15) is 18.7 Å². The van der Waals surface area contributed by atoms with E-state index >= 15 is 0 Å². The SMILES string of the molecule is COc1ccc(Nc2cc(NC3CC3)nc(C)n2)cc1Cl. The van der Waals surface area contributed by atoms with Gasteiger partial charge in [0.15, 0.2) is 0 Å². The molecular formula is C15H17ClN4O. The predicted octanol–water partition coefficient (Wildman–Crippen LogP) is 3.76. The van der Waals surface area contributed by atoms with Crippen LogP contribution in [0.25, 0.3) is 0 Å². The average Bonchev–Trinajstić information content (AvgIpc) is 3.22. The van der Waals surface area contributed by atoms with Crippen molar-refractivity contribution in [2.24, 2.45) is 0 Å². The second-order valence-electron chi connectivity index (χ2n) is 5.08. The van der Waals surface area contributed by atoms with Gasteiger partial charge in [0.1, 0.15) is 23.2 Å². The molecule has 0 radical (unpaired) electrons. The maximum absolute atomic E-state index is 6.13. The zero-order valence-corrected chi connectivity index (χ0v) is 12.7. The van der Waals surface area contributed by atoms with Gasteiger partial charge < -0.3 is 15.4 Å². The van der Waals surface area contributed by atoms with Gasteiger partial charge in [-0.15, -0.1) is 0 Å². The van der Waals surface area contributed by atoms with Crippen LogP contribution < -0.4 is 15.4 Å². The quantitative estimate of drug-likeness (QED) is 0.880. The molecule has 1 saturated carbocycles. The summed E-state index contributed by atoms with van der Waals surface area (Å²) < 4.78 is 5.14. The van der Waals surface area contributed by atoms with Gasteiger partial charge in [-0.3, -0.25) is 0 Å². The number of aromatic nitrogens is 2. The molecule has 1 aromatic heterocycles. The first-order valence-corrected chi connectivity index (χ1v) is 7.24. The van der Waals surface area contributed by atoms with Gasteiger partial charge in [-0.2, -0.15) is 0 Å². The molecule has 6 heteroatoms. The molecule has 1 aliphatic rings. The molecule has 0 unspecified atom stereocenters. The largest absolute Gasteiger partial charge is 0.495 e. The fourth-order valence-electron chi connectivity index (χ4n) is 2.03. The molecule has 0 spiro atoms. The van der Waals surface area contributed by atoms with E-state index < -0.39 is 0 Å². The summed E-state index contributed by atoms with van der Waals surface area (Å²) in [5.74, 6) is 2.97. The monoisotopic (exact) mass is 304 g/mol. The normalized spacial score (nSPS) is 13.9. The molecule has 1 heterocycles. The van der Waals surface area contributed by atoms with Gasteiger partial charge in [-0.05, 0) is 38.0 Å². The van der Waals surface area contributed by atoms with E-state index in [0.29, 0.717) is 16.8 Å². The molecule has 0 atom stereocenters. The Morgan fingerprint density at radius 1 is 1.19 bits per heavy atom. The molecule has 2 N–H and O–H groups in total. The third-order valence-electron chi connectivity index (χ3n) is 3.19. The van der Waals surface area contributed by atoms with E-state index in [2.05, 4.69) is 20.6 Å². The maximum Gasteiger partial charge on any atom is 0.137 e. The summed E-state index contributed by atoms with van der Waals surface area (Å²) in [6.45, 7) is 1.88. The first kappa shape index (κ1) is 13.9. The van der Waals surface area contributed by atoms with Crippen molar-refractivity contribution in [2.75, 3.05) is 17.7 Å². The van der Waals surface area contributed by atoms with Gasteiger partial charge in [0, 0.05) is 17.8 Å². The Balaban J connectivity index is 1.80. The number of methoxy groups -OCH3 is 1. The lowest BCUT2D eigenvalue weighted by Crippen LogP contribution is -2.06. The fraction of sp³-hybridized carbons (Fsp3) is 0.333. The van der Waals surface area contributed by atoms with Gasteiger partial charge >= 0.3 is 0 Å². The molecule has 3 rings (SSSR count). The number of nitrogens with one attached hydrogen (secondary N) is 2. The minimum atomic E-state index is 0.558. The second-order valence-corrected chi connectivity index (χ2v) is 5.49. The van der Waals surface area contributed by atoms with Crippen LogP contribution in [-0.4, -0.2) is 23.1 Å². The van der Waals surface area contributed by atoms with Crippen LogP contribution in [0.15, 0.2) is 24.3 Å². The van der Waals surface area contributed by atoms with Crippen molar-refractivity contribution in [1.29, 1.82) is 0 Å². The van der Waals surface area contributed by atoms with E-state index in [1.165, 1.54) is 12.8 Å². The highest BCUT2D eigenvalue weighted by Gasteiger charge is 2.21. The van der Waals surface area contributed by atoms with Gasteiger partial charge in [0.25, 0.3) is 0 Å². The van der Waals surface area contributed by atoms with Gasteiger partial charge in [0.05, 0.1) is 12.1 Å². The number of aryl methyl sites for hydroxylation is 1. The number of ether oxygens (including phenoxy) is 1. The Hall–Kier alpha value is -2.01. The number of benzene rings is 1. The van der Waals surface area contributed by atoms with Crippen molar-refractivity contribution in [3.63, 3.8) is 0 Å². The molecule has 0 aliphatic heterocycles. The topological polar surface area (TPSA) is 59.1 Å². The Labute approximate surface area is 128 Å². The molecular weight excluding hydrogens is 288 g/mol. The van der Waals surface area contributed by atoms with Crippen LogP contribution >= 0.6 is 11.6 Å². The standard InChI is InChI=1S/C15H17ClN4O/c1-9-17-14(19-10-3-4-10)8-15(18-9)20-11-5-6-13(21-2)12(16)7-11/h5-8,10H,3-4H2,1-2H3,(H2,17,18,19,20). The van der Waals surface area contributed by atoms with Crippen LogP contribution in [0.3, 0.4) is 0 Å². The average molecular weight is 305 g/mol. The number of halogens is 1. The zero-order valence-electron chi connectivity index (χ0n) is 12.0. The Morgan fingerprint density at radius 2 is 1.95 bits per heavy atom. The van der Waals surface area contributed by atoms with Gasteiger partial charge in [-0.1, -0.05) is 11.6 Å². The van der Waals surface area contributed by atoms with Crippen molar-refractivity contribution in [3.8, 4) is 5.75 Å². The molecule has 1 aromatic carbocycles. The summed E-state index contributed by atoms with van der Waals surface area (Å²) in [6.07, 6.45) is 2.42. The molecule has 0 bridgehead atoms.